The number of carboxylic acids is 2. The molecule has 1 aliphatic heterocycles. The lowest BCUT2D eigenvalue weighted by Gasteiger charge is -2.23. The van der Waals surface area contributed by atoms with Crippen LogP contribution in [0.1, 0.15) is 114 Å². The molecule has 1 aliphatic rings. The maximum absolute atomic E-state index is 11.2. The number of carbonyl (C=O) groups is 6. The molecule has 0 bridgehead atoms. The first kappa shape index (κ1) is 87.5. The van der Waals surface area contributed by atoms with Gasteiger partial charge in [-0.15, -0.1) is 0 Å². The van der Waals surface area contributed by atoms with Gasteiger partial charge < -0.3 is 87.7 Å². The number of aldehydes is 1. The summed E-state index contributed by atoms with van der Waals surface area (Å²) in [6.45, 7) is 17.7. The molecule has 0 unspecified atom stereocenters. The van der Waals surface area contributed by atoms with E-state index in [0.717, 1.165) is 33.3 Å². The third-order valence-corrected chi connectivity index (χ3v) is 12.6. The van der Waals surface area contributed by atoms with Crippen LogP contribution in [-0.2, 0) is 84.5 Å². The average molecular weight is 1430 g/mol. The Hall–Kier alpha value is -7.68. The van der Waals surface area contributed by atoms with E-state index in [-0.39, 0.29) is 95.0 Å². The topological polar surface area (TPSA) is 327 Å². The molecule has 0 amide bonds. The number of esters is 3. The number of phenols is 2. The van der Waals surface area contributed by atoms with Crippen LogP contribution in [0.4, 0.5) is 5.69 Å². The van der Waals surface area contributed by atoms with Gasteiger partial charge in [-0.05, 0) is 144 Å². The minimum atomic E-state index is -4.67. The van der Waals surface area contributed by atoms with Crippen molar-refractivity contribution in [3.63, 3.8) is 0 Å². The molecule has 0 aliphatic carbocycles. The number of carbonyl (C=O) groups excluding carboxylic acids is 4. The van der Waals surface area contributed by atoms with E-state index in [0.29, 0.717) is 88.8 Å². The molecular formula is C66H92Br2N2O20S. The maximum Gasteiger partial charge on any atom is 0.394 e. The number of aromatic hydroxyl groups is 2. The smallest absolute Gasteiger partial charge is 0.394 e. The summed E-state index contributed by atoms with van der Waals surface area (Å²) >= 11 is 0. The number of rotatable bonds is 25. The molecule has 22 nitrogen and oxygen atoms in total. The van der Waals surface area contributed by atoms with Crippen molar-refractivity contribution in [2.45, 2.75) is 119 Å². The fourth-order valence-corrected chi connectivity index (χ4v) is 7.94. The molecule has 1 heterocycles. The van der Waals surface area contributed by atoms with Gasteiger partial charge in [-0.25, -0.2) is 4.79 Å². The van der Waals surface area contributed by atoms with E-state index in [1.54, 1.807) is 118 Å². The molecule has 0 fully saturated rings. The van der Waals surface area contributed by atoms with Gasteiger partial charge >= 0.3 is 40.2 Å². The zero-order valence-electron chi connectivity index (χ0n) is 52.7. The quantitative estimate of drug-likeness (QED) is 0.00614. The van der Waals surface area contributed by atoms with Crippen LogP contribution in [0, 0.1) is 6.92 Å². The summed E-state index contributed by atoms with van der Waals surface area (Å²) in [5.74, 6) is -1.23. The molecule has 7 N–H and O–H groups in total. The van der Waals surface area contributed by atoms with Crippen LogP contribution in [0.25, 0.3) is 0 Å². The van der Waals surface area contributed by atoms with Crippen molar-refractivity contribution in [2.24, 2.45) is 0 Å². The van der Waals surface area contributed by atoms with Crippen LogP contribution in [-0.4, -0.2) is 155 Å². The van der Waals surface area contributed by atoms with Gasteiger partial charge in [-0.2, -0.15) is 13.0 Å². The summed E-state index contributed by atoms with van der Waals surface area (Å²) in [6, 6.07) is 34.1. The Morgan fingerprint density at radius 1 is 0.593 bits per heavy atom. The van der Waals surface area contributed by atoms with E-state index in [4.69, 9.17) is 66.7 Å². The minimum absolute atomic E-state index is 0. The number of phenolic OH excluding ortho intramolecular Hbond substituents is 2. The molecule has 5 aromatic carbocycles. The van der Waals surface area contributed by atoms with Gasteiger partial charge in [0.25, 0.3) is 0 Å². The number of fused-ring (bicyclic) bond motifs is 1. The van der Waals surface area contributed by atoms with Crippen LogP contribution in [0.15, 0.2) is 127 Å². The van der Waals surface area contributed by atoms with E-state index < -0.39 is 22.3 Å². The number of benzene rings is 5. The number of hydrogen-bond acceptors (Lipinski definition) is 16. The monoisotopic (exact) mass is 1420 g/mol. The number of carboxylic acid groups (broad SMARTS) is 2. The number of ether oxygens (including phenoxy) is 5. The highest BCUT2D eigenvalue weighted by Gasteiger charge is 2.42. The first-order valence-electron chi connectivity index (χ1n) is 28.3. The summed E-state index contributed by atoms with van der Waals surface area (Å²) in [6.07, 6.45) is 5.75. The lowest BCUT2D eigenvalue weighted by Crippen LogP contribution is -3.00. The van der Waals surface area contributed by atoms with Gasteiger partial charge in [0, 0.05) is 44.2 Å². The highest BCUT2D eigenvalue weighted by atomic mass is 79.9. The lowest BCUT2D eigenvalue weighted by molar-refractivity contribution is -0.871. The fourth-order valence-electron chi connectivity index (χ4n) is 7.94. The second kappa shape index (κ2) is 46.4. The largest absolute Gasteiger partial charge is 1.00 e. The molecule has 6 rings (SSSR count). The molecule has 0 saturated carbocycles. The number of aliphatic hydroxyl groups excluding tert-OH is 1. The Balaban J connectivity index is -0.00000104. The first-order valence-corrected chi connectivity index (χ1v) is 29.7. The third kappa shape index (κ3) is 40.6. The fraction of sp³-hybridized carbons (Fsp3) is 0.409. The molecular weight excluding hydrogens is 1330 g/mol. The molecule has 0 spiro atoms. The molecule has 0 aromatic heterocycles. The van der Waals surface area contributed by atoms with Gasteiger partial charge in [0.05, 0.1) is 59.3 Å². The van der Waals surface area contributed by atoms with Crippen molar-refractivity contribution in [3.05, 3.63) is 161 Å². The Morgan fingerprint density at radius 3 is 1.31 bits per heavy atom. The number of aliphatic carboxylic acids is 2. The van der Waals surface area contributed by atoms with E-state index >= 15 is 0 Å². The van der Waals surface area contributed by atoms with Gasteiger partial charge in [0.2, 0.25) is 11.4 Å². The van der Waals surface area contributed by atoms with Crippen LogP contribution < -0.4 is 43.4 Å². The maximum atomic E-state index is 11.2. The number of quaternary nitrogens is 1. The predicted octanol–water partition coefficient (Wildman–Crippen LogP) is 4.58. The number of aryl methyl sites for hydroxylation is 5. The van der Waals surface area contributed by atoms with E-state index in [1.807, 2.05) is 0 Å². The number of nitrogens with zero attached hydrogens (tertiary/aromatic N) is 2. The van der Waals surface area contributed by atoms with Crippen LogP contribution in [0.3, 0.4) is 0 Å². The molecule has 506 valence electrons. The molecule has 91 heavy (non-hydrogen) atoms. The zero-order chi connectivity index (χ0) is 66.5. The SMILES string of the molecule is C.CC1=[N+](CCC[N+](C)(C)C)c2ccc(C)cc2C1(C)C.CCOC(=O)CCc1ccc(O)cc1.CCOC(=O)CCc1ccc(O/C(C=O)=C/O)cc1.CCOC(=O)CCc1ccc(OCC(=O)O)cc1.O=C(O)CCc1ccc(O)cc1.O=S(=O)(O)O.[Br-].[Br-]. The molecule has 0 radical (unpaired) electrons. The van der Waals surface area contributed by atoms with E-state index in [1.165, 1.54) is 35.5 Å². The van der Waals surface area contributed by atoms with Crippen molar-refractivity contribution in [1.82, 2.24) is 0 Å². The van der Waals surface area contributed by atoms with Gasteiger partial charge in [-0.3, -0.25) is 33.1 Å². The molecule has 25 heteroatoms. The van der Waals surface area contributed by atoms with Gasteiger partial charge in [0.1, 0.15) is 29.3 Å². The van der Waals surface area contributed by atoms with Crippen molar-refractivity contribution in [3.8, 4) is 23.0 Å². The van der Waals surface area contributed by atoms with Crippen molar-refractivity contribution in [1.29, 1.82) is 0 Å². The summed E-state index contributed by atoms with van der Waals surface area (Å²) in [5.41, 5.74) is 9.80. The summed E-state index contributed by atoms with van der Waals surface area (Å²) in [7, 11) is 2.13. The van der Waals surface area contributed by atoms with Crippen LogP contribution in [0.2, 0.25) is 0 Å². The Morgan fingerprint density at radius 2 is 0.967 bits per heavy atom. The highest BCUT2D eigenvalue weighted by molar-refractivity contribution is 7.79. The second-order valence-corrected chi connectivity index (χ2v) is 22.0. The minimum Gasteiger partial charge on any atom is -1.00 e. The van der Waals surface area contributed by atoms with Crippen LogP contribution in [0.5, 0.6) is 23.0 Å². The van der Waals surface area contributed by atoms with Crippen LogP contribution >= 0.6 is 0 Å². The molecule has 0 saturated heterocycles. The summed E-state index contributed by atoms with van der Waals surface area (Å²) in [4.78, 5) is 64.3. The van der Waals surface area contributed by atoms with E-state index in [9.17, 15) is 28.8 Å². The molecule has 0 atom stereocenters. The summed E-state index contributed by atoms with van der Waals surface area (Å²) in [5, 5.41) is 43.4. The van der Waals surface area contributed by atoms with Gasteiger partial charge in [-0.1, -0.05) is 67.6 Å². The first-order chi connectivity index (χ1) is 41.3. The van der Waals surface area contributed by atoms with Gasteiger partial charge in [0.15, 0.2) is 25.1 Å². The number of allylic oxidation sites excluding steroid dienone is 1. The zero-order valence-corrected chi connectivity index (χ0v) is 56.7. The van der Waals surface area contributed by atoms with Crippen molar-refractivity contribution in [2.75, 3.05) is 60.7 Å². The number of halogens is 2. The number of aliphatic hydroxyl groups is 1. The Bertz CT molecular complexity index is 3120. The standard InChI is InChI=1S/C18H30N2.C14H16O5.C13H16O5.C11H14O3.C9H10O3.CH4.2BrH.H2O4S/c1-14-9-10-17-16(13-14)18(3,4)15(2)19(17)11-8-12-20(5,6)7;1-2-18-14(17)8-5-11-3-6-12(7-4-11)19-13(9-15)10-16;1-2-17-13(16)8-5-10-3-6-11(7-4-10)18-9-12(14)15;1-2-14-11(13)8-5-9-3-6-10(12)7-4-9;10-8-4-1-7(2-5-8)3-6-9(11)12;;;;1-5(2,3)4/h9-10,13H,8,11-12H2,1-7H3;3-4,6-7,9-10,15H,2,5,8H2,1H3;3-4,6-7H,2,5,8-9H2,1H3,(H,14,15);3-4,6-7,12H,2,5,8H2,1H3;1-2,4-5,10H,3,6H2,(H,11,12);1H4;2*1H;(H2,1,2,3,4)/q+2;;;;;;;;/p-2/b;13-9+;;;;;;;. The Labute approximate surface area is 556 Å². The average Bonchev–Trinajstić information content (AvgIpc) is 2.25. The predicted molar refractivity (Wildman–Crippen MR) is 339 cm³/mol. The van der Waals surface area contributed by atoms with E-state index in [2.05, 4.69) is 71.6 Å². The lowest BCUT2D eigenvalue weighted by atomic mass is 9.82. The number of hydrogen-bond donors (Lipinski definition) is 7. The second-order valence-electron chi connectivity index (χ2n) is 21.1. The Kier molecular flexibility index (Phi) is 44.6. The van der Waals surface area contributed by atoms with Crippen molar-refractivity contribution >= 4 is 57.9 Å². The molecule has 5 aromatic rings. The highest BCUT2D eigenvalue weighted by Crippen LogP contribution is 2.40. The van der Waals surface area contributed by atoms with Crippen molar-refractivity contribution < 1.29 is 139 Å². The summed E-state index contributed by atoms with van der Waals surface area (Å²) < 4.78 is 59.7. The third-order valence-electron chi connectivity index (χ3n) is 12.6. The normalized spacial score (nSPS) is 11.5.